The van der Waals surface area contributed by atoms with Crippen molar-refractivity contribution in [2.75, 3.05) is 0 Å². The van der Waals surface area contributed by atoms with Gasteiger partial charge in [-0.25, -0.2) is 0 Å². The second-order valence-electron chi connectivity index (χ2n) is 4.37. The summed E-state index contributed by atoms with van der Waals surface area (Å²) in [5.74, 6) is 1.19. The lowest BCUT2D eigenvalue weighted by atomic mass is 10.1. The average molecular weight is 310 g/mol. The first-order valence-electron chi connectivity index (χ1n) is 5.95. The van der Waals surface area contributed by atoms with E-state index in [0.29, 0.717) is 18.1 Å². The van der Waals surface area contributed by atoms with Crippen LogP contribution in [-0.2, 0) is 6.42 Å². The zero-order valence-electron chi connectivity index (χ0n) is 10.5. The van der Waals surface area contributed by atoms with Crippen LogP contribution in [-0.4, -0.2) is 16.2 Å². The Kier molecular flexibility index (Phi) is 4.14. The summed E-state index contributed by atoms with van der Waals surface area (Å²) in [6, 6.07) is 6.10. The van der Waals surface area contributed by atoms with E-state index in [9.17, 15) is 0 Å². The largest absolute Gasteiger partial charge is 0.339 e. The summed E-state index contributed by atoms with van der Waals surface area (Å²) in [7, 11) is 0. The van der Waals surface area contributed by atoms with Gasteiger partial charge in [0.2, 0.25) is 11.7 Å². The highest BCUT2D eigenvalue weighted by atomic mass is 79.9. The Balaban J connectivity index is 2.24. The molecule has 0 saturated heterocycles. The van der Waals surface area contributed by atoms with Gasteiger partial charge in [0.25, 0.3) is 0 Å². The van der Waals surface area contributed by atoms with Crippen molar-refractivity contribution in [1.82, 2.24) is 10.1 Å². The van der Waals surface area contributed by atoms with Crippen LogP contribution in [0.5, 0.6) is 0 Å². The van der Waals surface area contributed by atoms with E-state index in [1.165, 1.54) is 5.56 Å². The third kappa shape index (κ3) is 2.97. The third-order valence-corrected chi connectivity index (χ3v) is 3.45. The molecule has 18 heavy (non-hydrogen) atoms. The fourth-order valence-electron chi connectivity index (χ4n) is 1.62. The number of aromatic nitrogens is 2. The van der Waals surface area contributed by atoms with Crippen molar-refractivity contribution in [1.29, 1.82) is 0 Å². The average Bonchev–Trinajstić information content (AvgIpc) is 2.77. The molecule has 1 aromatic carbocycles. The number of nitrogens with two attached hydrogens (primary N) is 1. The van der Waals surface area contributed by atoms with E-state index in [1.54, 1.807) is 0 Å². The second kappa shape index (κ2) is 5.63. The molecule has 2 rings (SSSR count). The van der Waals surface area contributed by atoms with Crippen molar-refractivity contribution >= 4 is 15.9 Å². The highest BCUT2D eigenvalue weighted by molar-refractivity contribution is 9.10. The maximum absolute atomic E-state index is 5.87. The molecule has 5 heteroatoms. The third-order valence-electron chi connectivity index (χ3n) is 2.79. The van der Waals surface area contributed by atoms with E-state index in [4.69, 9.17) is 10.3 Å². The first-order chi connectivity index (χ1) is 8.60. The summed E-state index contributed by atoms with van der Waals surface area (Å²) >= 11 is 3.51. The Hall–Kier alpha value is -1.20. The molecule has 0 radical (unpaired) electrons. The predicted molar refractivity (Wildman–Crippen MR) is 74.1 cm³/mol. The van der Waals surface area contributed by atoms with Crippen LogP contribution in [0.15, 0.2) is 27.2 Å². The minimum absolute atomic E-state index is 0.0692. The first-order valence-corrected chi connectivity index (χ1v) is 6.74. The van der Waals surface area contributed by atoms with Crippen LogP contribution >= 0.6 is 15.9 Å². The van der Waals surface area contributed by atoms with Gasteiger partial charge in [-0.2, -0.15) is 4.98 Å². The van der Waals surface area contributed by atoms with Crippen molar-refractivity contribution in [2.45, 2.75) is 32.7 Å². The van der Waals surface area contributed by atoms with Crippen molar-refractivity contribution in [2.24, 2.45) is 5.73 Å². The summed E-state index contributed by atoms with van der Waals surface area (Å²) in [6.07, 6.45) is 1.51. The van der Waals surface area contributed by atoms with Gasteiger partial charge in [0.1, 0.15) is 0 Å². The molecule has 1 atom stereocenters. The first kappa shape index (κ1) is 13.2. The van der Waals surface area contributed by atoms with Gasteiger partial charge in [0.15, 0.2) is 0 Å². The van der Waals surface area contributed by atoms with Crippen LogP contribution in [0.4, 0.5) is 0 Å². The molecule has 0 bridgehead atoms. The van der Waals surface area contributed by atoms with Crippen LogP contribution in [0, 0.1) is 6.92 Å². The monoisotopic (exact) mass is 309 g/mol. The van der Waals surface area contributed by atoms with Crippen LogP contribution in [0.2, 0.25) is 0 Å². The van der Waals surface area contributed by atoms with Gasteiger partial charge in [0, 0.05) is 22.5 Å². The van der Waals surface area contributed by atoms with E-state index in [2.05, 4.69) is 26.1 Å². The molecule has 0 aliphatic heterocycles. The molecule has 0 fully saturated rings. The van der Waals surface area contributed by atoms with Crippen molar-refractivity contribution in [3.63, 3.8) is 0 Å². The maximum Gasteiger partial charge on any atom is 0.228 e. The molecule has 1 heterocycles. The van der Waals surface area contributed by atoms with E-state index >= 15 is 0 Å². The molecule has 0 amide bonds. The number of benzene rings is 1. The van der Waals surface area contributed by atoms with Crippen LogP contribution in [0.3, 0.4) is 0 Å². The molecule has 2 N–H and O–H groups in total. The van der Waals surface area contributed by atoms with Gasteiger partial charge in [0.05, 0.1) is 0 Å². The Morgan fingerprint density at radius 1 is 1.44 bits per heavy atom. The SMILES string of the molecule is CCC(N)Cc1nc(-c2ccc(C)cc2Br)no1. The minimum Gasteiger partial charge on any atom is -0.339 e. The Morgan fingerprint density at radius 3 is 2.89 bits per heavy atom. The predicted octanol–water partition coefficient (Wildman–Crippen LogP) is 3.09. The summed E-state index contributed by atoms with van der Waals surface area (Å²) in [5.41, 5.74) is 7.98. The molecule has 1 aromatic heterocycles. The Labute approximate surface area is 115 Å². The van der Waals surface area contributed by atoms with Crippen molar-refractivity contribution in [3.05, 3.63) is 34.1 Å². The normalized spacial score (nSPS) is 12.7. The Morgan fingerprint density at radius 2 is 2.22 bits per heavy atom. The molecule has 0 spiro atoms. The van der Waals surface area contributed by atoms with Gasteiger partial charge < -0.3 is 10.3 Å². The topological polar surface area (TPSA) is 64.9 Å². The highest BCUT2D eigenvalue weighted by Gasteiger charge is 2.13. The lowest BCUT2D eigenvalue weighted by Crippen LogP contribution is -2.21. The number of hydrogen-bond acceptors (Lipinski definition) is 4. The van der Waals surface area contributed by atoms with Crippen LogP contribution < -0.4 is 5.73 Å². The van der Waals surface area contributed by atoms with E-state index < -0.39 is 0 Å². The van der Waals surface area contributed by atoms with Gasteiger partial charge >= 0.3 is 0 Å². The van der Waals surface area contributed by atoms with Crippen LogP contribution in [0.1, 0.15) is 24.8 Å². The summed E-state index contributed by atoms with van der Waals surface area (Å²) < 4.78 is 6.18. The van der Waals surface area contributed by atoms with Crippen LogP contribution in [0.25, 0.3) is 11.4 Å². The number of halogens is 1. The number of hydrogen-bond donors (Lipinski definition) is 1. The fraction of sp³-hybridized carbons (Fsp3) is 0.385. The standard InChI is InChI=1S/C13H16BrN3O/c1-3-9(15)7-12-16-13(17-18-12)10-5-4-8(2)6-11(10)14/h4-6,9H,3,7,15H2,1-2H3. The number of rotatable bonds is 4. The highest BCUT2D eigenvalue weighted by Crippen LogP contribution is 2.27. The molecule has 0 aliphatic rings. The van der Waals surface area contributed by atoms with Gasteiger partial charge in [-0.15, -0.1) is 0 Å². The fourth-order valence-corrected chi connectivity index (χ4v) is 2.29. The van der Waals surface area contributed by atoms with Gasteiger partial charge in [-0.1, -0.05) is 34.1 Å². The van der Waals surface area contributed by atoms with Crippen molar-refractivity contribution in [3.8, 4) is 11.4 Å². The molecule has 0 saturated carbocycles. The second-order valence-corrected chi connectivity index (χ2v) is 5.22. The zero-order chi connectivity index (χ0) is 13.1. The van der Waals surface area contributed by atoms with Crippen molar-refractivity contribution < 1.29 is 4.52 Å². The van der Waals surface area contributed by atoms with Gasteiger partial charge in [-0.05, 0) is 31.0 Å². The van der Waals surface area contributed by atoms with E-state index in [1.807, 2.05) is 32.0 Å². The number of aryl methyl sites for hydroxylation is 1. The lowest BCUT2D eigenvalue weighted by molar-refractivity contribution is 0.368. The lowest BCUT2D eigenvalue weighted by Gasteiger charge is -2.02. The quantitative estimate of drug-likeness (QED) is 0.942. The van der Waals surface area contributed by atoms with E-state index in [0.717, 1.165) is 16.5 Å². The molecule has 0 aliphatic carbocycles. The molecule has 4 nitrogen and oxygen atoms in total. The molecule has 2 aromatic rings. The van der Waals surface area contributed by atoms with Gasteiger partial charge in [-0.3, -0.25) is 0 Å². The zero-order valence-corrected chi connectivity index (χ0v) is 12.1. The minimum atomic E-state index is 0.0692. The summed E-state index contributed by atoms with van der Waals surface area (Å²) in [4.78, 5) is 4.37. The molecular weight excluding hydrogens is 294 g/mol. The smallest absolute Gasteiger partial charge is 0.228 e. The molecule has 1 unspecified atom stereocenters. The maximum atomic E-state index is 5.87. The number of nitrogens with zero attached hydrogens (tertiary/aromatic N) is 2. The van der Waals surface area contributed by atoms with E-state index in [-0.39, 0.29) is 6.04 Å². The molecule has 96 valence electrons. The molecular formula is C13H16BrN3O. The Bertz CT molecular complexity index is 539. The summed E-state index contributed by atoms with van der Waals surface area (Å²) in [6.45, 7) is 4.08. The summed E-state index contributed by atoms with van der Waals surface area (Å²) in [5, 5.41) is 3.99.